The quantitative estimate of drug-likeness (QED) is 0.752. The Kier molecular flexibility index (Phi) is 5.79. The fourth-order valence-electron chi connectivity index (χ4n) is 2.56. The molecule has 0 bridgehead atoms. The molecule has 0 radical (unpaired) electrons. The van der Waals surface area contributed by atoms with E-state index < -0.39 is 0 Å². The molecule has 0 saturated carbocycles. The number of piperazine rings is 1. The zero-order valence-electron chi connectivity index (χ0n) is 12.2. The third-order valence-electron chi connectivity index (χ3n) is 3.57. The van der Waals surface area contributed by atoms with Gasteiger partial charge >= 0.3 is 5.97 Å². The van der Waals surface area contributed by atoms with E-state index in [2.05, 4.69) is 21.7 Å². The van der Waals surface area contributed by atoms with Crippen LogP contribution in [-0.4, -0.2) is 54.7 Å². The van der Waals surface area contributed by atoms with Crippen molar-refractivity contribution in [1.29, 1.82) is 0 Å². The molecule has 0 aliphatic carbocycles. The highest BCUT2D eigenvalue weighted by molar-refractivity contribution is 7.13. The van der Waals surface area contributed by atoms with E-state index in [1.165, 1.54) is 0 Å². The second-order valence-electron chi connectivity index (χ2n) is 4.89. The number of rotatable bonds is 6. The van der Waals surface area contributed by atoms with E-state index in [-0.39, 0.29) is 12.0 Å². The normalized spacial score (nSPS) is 18.0. The standard InChI is InChI=1S/C14H23N3O2S/c1-3-5-12(13(18)19-4-2)16-7-9-17(10-8-16)14-15-6-11-20-14/h6,11-12H,3-5,7-10H2,1-2H3. The van der Waals surface area contributed by atoms with Crippen LogP contribution in [0.25, 0.3) is 0 Å². The lowest BCUT2D eigenvalue weighted by Gasteiger charge is -2.38. The Hall–Kier alpha value is -1.14. The average Bonchev–Trinajstić information content (AvgIpc) is 2.99. The molecule has 1 saturated heterocycles. The molecule has 2 heterocycles. The van der Waals surface area contributed by atoms with Gasteiger partial charge in [-0.15, -0.1) is 11.3 Å². The third kappa shape index (κ3) is 3.70. The van der Waals surface area contributed by atoms with Gasteiger partial charge in [0.05, 0.1) is 6.61 Å². The summed E-state index contributed by atoms with van der Waals surface area (Å²) in [6.07, 6.45) is 3.71. The van der Waals surface area contributed by atoms with Gasteiger partial charge in [0.15, 0.2) is 5.13 Å². The first kappa shape index (κ1) is 15.3. The molecule has 6 heteroatoms. The van der Waals surface area contributed by atoms with Gasteiger partial charge in [0.25, 0.3) is 0 Å². The van der Waals surface area contributed by atoms with Crippen molar-refractivity contribution >= 4 is 22.4 Å². The molecule has 1 aromatic rings. The topological polar surface area (TPSA) is 45.7 Å². The van der Waals surface area contributed by atoms with Crippen LogP contribution in [0.2, 0.25) is 0 Å². The summed E-state index contributed by atoms with van der Waals surface area (Å²) in [6.45, 7) is 8.06. The zero-order valence-corrected chi connectivity index (χ0v) is 13.1. The predicted molar refractivity (Wildman–Crippen MR) is 81.2 cm³/mol. The molecular weight excluding hydrogens is 274 g/mol. The number of nitrogens with zero attached hydrogens (tertiary/aromatic N) is 3. The Morgan fingerprint density at radius 2 is 2.15 bits per heavy atom. The highest BCUT2D eigenvalue weighted by Gasteiger charge is 2.29. The first-order chi connectivity index (χ1) is 9.76. The van der Waals surface area contributed by atoms with Crippen molar-refractivity contribution in [1.82, 2.24) is 9.88 Å². The first-order valence-corrected chi connectivity index (χ1v) is 8.19. The Labute approximate surface area is 124 Å². The van der Waals surface area contributed by atoms with Crippen molar-refractivity contribution < 1.29 is 9.53 Å². The van der Waals surface area contributed by atoms with Crippen molar-refractivity contribution in [3.05, 3.63) is 11.6 Å². The van der Waals surface area contributed by atoms with E-state index in [0.717, 1.165) is 44.2 Å². The smallest absolute Gasteiger partial charge is 0.323 e. The number of carbonyl (C=O) groups excluding carboxylic acids is 1. The van der Waals surface area contributed by atoms with Crippen LogP contribution in [0.3, 0.4) is 0 Å². The second kappa shape index (κ2) is 7.59. The van der Waals surface area contributed by atoms with Crippen LogP contribution in [0.5, 0.6) is 0 Å². The summed E-state index contributed by atoms with van der Waals surface area (Å²) in [7, 11) is 0. The maximum absolute atomic E-state index is 12.1. The van der Waals surface area contributed by atoms with Gasteiger partial charge in [-0.2, -0.15) is 0 Å². The van der Waals surface area contributed by atoms with Crippen molar-refractivity contribution in [3.8, 4) is 0 Å². The van der Waals surface area contributed by atoms with Crippen molar-refractivity contribution in [2.75, 3.05) is 37.7 Å². The lowest BCUT2D eigenvalue weighted by molar-refractivity contribution is -0.150. The monoisotopic (exact) mass is 297 g/mol. The van der Waals surface area contributed by atoms with Gasteiger partial charge in [-0.25, -0.2) is 4.98 Å². The Bertz CT molecular complexity index is 403. The predicted octanol–water partition coefficient (Wildman–Crippen LogP) is 2.00. The summed E-state index contributed by atoms with van der Waals surface area (Å²) in [6, 6.07) is -0.0848. The fraction of sp³-hybridized carbons (Fsp3) is 0.714. The maximum Gasteiger partial charge on any atom is 0.323 e. The molecule has 0 amide bonds. The van der Waals surface area contributed by atoms with Gasteiger partial charge in [-0.05, 0) is 13.3 Å². The Balaban J connectivity index is 1.91. The van der Waals surface area contributed by atoms with Gasteiger partial charge in [0.1, 0.15) is 6.04 Å². The number of thiazole rings is 1. The average molecular weight is 297 g/mol. The summed E-state index contributed by atoms with van der Waals surface area (Å²) in [4.78, 5) is 20.9. The lowest BCUT2D eigenvalue weighted by atomic mass is 10.1. The van der Waals surface area contributed by atoms with Crippen LogP contribution in [-0.2, 0) is 9.53 Å². The molecule has 2 rings (SSSR count). The molecular formula is C14H23N3O2S. The van der Waals surface area contributed by atoms with Gasteiger partial charge in [0, 0.05) is 37.8 Å². The Morgan fingerprint density at radius 1 is 1.40 bits per heavy atom. The highest BCUT2D eigenvalue weighted by atomic mass is 32.1. The second-order valence-corrected chi connectivity index (χ2v) is 5.77. The van der Waals surface area contributed by atoms with E-state index in [1.807, 2.05) is 18.5 Å². The van der Waals surface area contributed by atoms with Crippen molar-refractivity contribution in [2.24, 2.45) is 0 Å². The molecule has 112 valence electrons. The fourth-order valence-corrected chi connectivity index (χ4v) is 3.26. The number of ether oxygens (including phenoxy) is 1. The SMILES string of the molecule is CCCC(C(=O)OCC)N1CCN(c2nccs2)CC1. The lowest BCUT2D eigenvalue weighted by Crippen LogP contribution is -2.53. The van der Waals surface area contributed by atoms with Crippen LogP contribution in [0.4, 0.5) is 5.13 Å². The van der Waals surface area contributed by atoms with E-state index in [0.29, 0.717) is 6.61 Å². The van der Waals surface area contributed by atoms with Gasteiger partial charge in [-0.1, -0.05) is 13.3 Å². The third-order valence-corrected chi connectivity index (χ3v) is 4.40. The molecule has 1 fully saturated rings. The highest BCUT2D eigenvalue weighted by Crippen LogP contribution is 2.20. The zero-order chi connectivity index (χ0) is 14.4. The minimum Gasteiger partial charge on any atom is -0.465 e. The van der Waals surface area contributed by atoms with Crippen LogP contribution in [0.1, 0.15) is 26.7 Å². The van der Waals surface area contributed by atoms with Crippen LogP contribution < -0.4 is 4.90 Å². The van der Waals surface area contributed by atoms with Gasteiger partial charge in [-0.3, -0.25) is 9.69 Å². The van der Waals surface area contributed by atoms with E-state index >= 15 is 0 Å². The van der Waals surface area contributed by atoms with Crippen molar-refractivity contribution in [2.45, 2.75) is 32.7 Å². The van der Waals surface area contributed by atoms with E-state index in [9.17, 15) is 4.79 Å². The van der Waals surface area contributed by atoms with Crippen LogP contribution >= 0.6 is 11.3 Å². The molecule has 0 aromatic carbocycles. The van der Waals surface area contributed by atoms with E-state index in [4.69, 9.17) is 4.74 Å². The molecule has 0 spiro atoms. The van der Waals surface area contributed by atoms with Crippen molar-refractivity contribution in [3.63, 3.8) is 0 Å². The maximum atomic E-state index is 12.1. The number of esters is 1. The van der Waals surface area contributed by atoms with E-state index in [1.54, 1.807) is 11.3 Å². The number of hydrogen-bond acceptors (Lipinski definition) is 6. The molecule has 1 aliphatic heterocycles. The molecule has 5 nitrogen and oxygen atoms in total. The molecule has 1 atom stereocenters. The Morgan fingerprint density at radius 3 is 2.70 bits per heavy atom. The van der Waals surface area contributed by atoms with Crippen LogP contribution in [0.15, 0.2) is 11.6 Å². The van der Waals surface area contributed by atoms with Gasteiger partial charge in [0.2, 0.25) is 0 Å². The molecule has 1 aliphatic rings. The van der Waals surface area contributed by atoms with Gasteiger partial charge < -0.3 is 9.64 Å². The number of carbonyl (C=O) groups is 1. The number of hydrogen-bond donors (Lipinski definition) is 0. The summed E-state index contributed by atoms with van der Waals surface area (Å²) in [5, 5.41) is 3.08. The summed E-state index contributed by atoms with van der Waals surface area (Å²) < 4.78 is 5.20. The molecule has 0 N–H and O–H groups in total. The number of aromatic nitrogens is 1. The molecule has 1 unspecified atom stereocenters. The minimum absolute atomic E-state index is 0.0722. The first-order valence-electron chi connectivity index (χ1n) is 7.31. The summed E-state index contributed by atoms with van der Waals surface area (Å²) in [5.74, 6) is -0.0722. The molecule has 1 aromatic heterocycles. The van der Waals surface area contributed by atoms with Crippen LogP contribution in [0, 0.1) is 0 Å². The molecule has 20 heavy (non-hydrogen) atoms. The number of anilines is 1. The minimum atomic E-state index is -0.0848. The summed E-state index contributed by atoms with van der Waals surface area (Å²) in [5.41, 5.74) is 0. The largest absolute Gasteiger partial charge is 0.465 e. The summed E-state index contributed by atoms with van der Waals surface area (Å²) >= 11 is 1.67.